The largest absolute Gasteiger partial charge is 0.472 e. The van der Waals surface area contributed by atoms with Gasteiger partial charge in [0.25, 0.3) is 0 Å². The number of hydrogen-bond donors (Lipinski definition) is 3. The van der Waals surface area contributed by atoms with Crippen LogP contribution in [0.1, 0.15) is 374 Å². The highest BCUT2D eigenvalue weighted by Crippen LogP contribution is 2.45. The molecule has 17 nitrogen and oxygen atoms in total. The molecular weight excluding hydrogens is 1190 g/mol. The Morgan fingerprint density at radius 3 is 0.656 bits per heavy atom. The van der Waals surface area contributed by atoms with Gasteiger partial charge in [-0.15, -0.1) is 0 Å². The van der Waals surface area contributed by atoms with Gasteiger partial charge in [-0.3, -0.25) is 37.3 Å². The summed E-state index contributed by atoms with van der Waals surface area (Å²) in [5, 5.41) is 10.6. The molecule has 0 fully saturated rings. The maximum atomic E-state index is 13.0. The van der Waals surface area contributed by atoms with Crippen molar-refractivity contribution in [2.45, 2.75) is 393 Å². The lowest BCUT2D eigenvalue weighted by molar-refractivity contribution is -0.161. The van der Waals surface area contributed by atoms with E-state index < -0.39 is 97.5 Å². The Bertz CT molecular complexity index is 1720. The highest BCUT2D eigenvalue weighted by atomic mass is 31.2. The van der Waals surface area contributed by atoms with Gasteiger partial charge in [-0.2, -0.15) is 0 Å². The normalized spacial score (nSPS) is 14.0. The zero-order valence-electron chi connectivity index (χ0n) is 58.1. The van der Waals surface area contributed by atoms with Crippen LogP contribution in [0.3, 0.4) is 0 Å². The fourth-order valence-electron chi connectivity index (χ4n) is 10.9. The highest BCUT2D eigenvalue weighted by molar-refractivity contribution is 7.47. The average Bonchev–Trinajstić information content (AvgIpc) is 3.67. The van der Waals surface area contributed by atoms with Crippen LogP contribution in [0.2, 0.25) is 0 Å². The number of unbranched alkanes of at least 4 members (excludes halogenated alkanes) is 46. The number of hydrogen-bond acceptors (Lipinski definition) is 15. The van der Waals surface area contributed by atoms with Crippen molar-refractivity contribution in [3.05, 3.63) is 0 Å². The van der Waals surface area contributed by atoms with Gasteiger partial charge in [-0.05, 0) is 25.7 Å². The molecule has 0 aromatic rings. The molecule has 0 aliphatic heterocycles. The molecule has 0 spiro atoms. The molecule has 3 N–H and O–H groups in total. The molecule has 534 valence electrons. The third kappa shape index (κ3) is 64.8. The average molecular weight is 1330 g/mol. The topological polar surface area (TPSA) is 237 Å². The summed E-state index contributed by atoms with van der Waals surface area (Å²) in [6.45, 7) is 4.90. The standard InChI is InChI=1S/C71H138O17P2/c1-5-9-13-17-21-24-27-28-29-30-31-32-33-34-35-36-39-42-46-50-54-58-71(76)88-67(62-82-69(74)56-52-48-44-40-37-25-22-18-14-10-6-2)64-86-90(79,80)84-60-65(72)59-83-89(77,78)85-63-66(61-81-68(73)55-51-47-43-20-16-12-8-4)87-70(75)57-53-49-45-41-38-26-23-19-15-11-7-3/h65-67,72H,5-64H2,1-4H3,(H,77,78)(H,79,80)/t65-,66+,67+/m0/s1. The Balaban J connectivity index is 5.12. The first kappa shape index (κ1) is 88.1. The lowest BCUT2D eigenvalue weighted by atomic mass is 10.0. The van der Waals surface area contributed by atoms with Crippen LogP contribution in [0.4, 0.5) is 0 Å². The van der Waals surface area contributed by atoms with Gasteiger partial charge in [0.15, 0.2) is 12.2 Å². The van der Waals surface area contributed by atoms with Gasteiger partial charge in [0.2, 0.25) is 0 Å². The molecule has 2 unspecified atom stereocenters. The van der Waals surface area contributed by atoms with E-state index in [1.54, 1.807) is 0 Å². The Morgan fingerprint density at radius 2 is 0.444 bits per heavy atom. The molecule has 0 amide bonds. The minimum Gasteiger partial charge on any atom is -0.462 e. The van der Waals surface area contributed by atoms with Crippen LogP contribution < -0.4 is 0 Å². The molecule has 0 saturated carbocycles. The van der Waals surface area contributed by atoms with Gasteiger partial charge in [-0.25, -0.2) is 9.13 Å². The van der Waals surface area contributed by atoms with Crippen LogP contribution >= 0.6 is 15.6 Å². The fraction of sp³-hybridized carbons (Fsp3) is 0.944. The predicted molar refractivity (Wildman–Crippen MR) is 363 cm³/mol. The smallest absolute Gasteiger partial charge is 0.462 e. The van der Waals surface area contributed by atoms with Crippen LogP contribution in [0.25, 0.3) is 0 Å². The van der Waals surface area contributed by atoms with Crippen LogP contribution in [0, 0.1) is 0 Å². The summed E-state index contributed by atoms with van der Waals surface area (Å²) in [7, 11) is -9.89. The molecule has 0 saturated heterocycles. The van der Waals surface area contributed by atoms with Crippen molar-refractivity contribution < 1.29 is 80.2 Å². The number of carbonyl (C=O) groups excluding carboxylic acids is 4. The zero-order valence-corrected chi connectivity index (χ0v) is 59.9. The molecule has 5 atom stereocenters. The van der Waals surface area contributed by atoms with Gasteiger partial charge in [0, 0.05) is 25.7 Å². The van der Waals surface area contributed by atoms with Crippen molar-refractivity contribution in [1.82, 2.24) is 0 Å². The van der Waals surface area contributed by atoms with Crippen molar-refractivity contribution in [3.8, 4) is 0 Å². The maximum absolute atomic E-state index is 13.0. The van der Waals surface area contributed by atoms with E-state index in [4.69, 9.17) is 37.0 Å². The monoisotopic (exact) mass is 1320 g/mol. The molecule has 0 aromatic heterocycles. The number of rotatable bonds is 72. The number of phosphoric ester groups is 2. The summed E-state index contributed by atoms with van der Waals surface area (Å²) >= 11 is 0. The molecule has 0 aliphatic carbocycles. The van der Waals surface area contributed by atoms with Crippen molar-refractivity contribution in [3.63, 3.8) is 0 Å². The van der Waals surface area contributed by atoms with Crippen LogP contribution in [-0.2, 0) is 65.4 Å². The number of aliphatic hydroxyl groups is 1. The number of phosphoric acid groups is 2. The minimum atomic E-state index is -4.95. The fourth-order valence-corrected chi connectivity index (χ4v) is 12.4. The molecular formula is C71H138O17P2. The van der Waals surface area contributed by atoms with Crippen molar-refractivity contribution in [2.24, 2.45) is 0 Å². The van der Waals surface area contributed by atoms with Crippen LogP contribution in [-0.4, -0.2) is 96.7 Å². The Kier molecular flexibility index (Phi) is 64.3. The molecule has 0 heterocycles. The van der Waals surface area contributed by atoms with Crippen molar-refractivity contribution in [2.75, 3.05) is 39.6 Å². The van der Waals surface area contributed by atoms with E-state index >= 15 is 0 Å². The second kappa shape index (κ2) is 65.7. The predicted octanol–water partition coefficient (Wildman–Crippen LogP) is 20.7. The van der Waals surface area contributed by atoms with Gasteiger partial charge >= 0.3 is 39.5 Å². The zero-order chi connectivity index (χ0) is 66.1. The molecule has 90 heavy (non-hydrogen) atoms. The summed E-state index contributed by atoms with van der Waals surface area (Å²) in [5.74, 6) is -2.13. The van der Waals surface area contributed by atoms with E-state index in [0.29, 0.717) is 25.7 Å². The van der Waals surface area contributed by atoms with E-state index in [9.17, 15) is 43.2 Å². The highest BCUT2D eigenvalue weighted by Gasteiger charge is 2.30. The van der Waals surface area contributed by atoms with Gasteiger partial charge in [-0.1, -0.05) is 323 Å². The molecule has 0 aromatic carbocycles. The van der Waals surface area contributed by atoms with E-state index in [1.807, 2.05) is 0 Å². The van der Waals surface area contributed by atoms with Crippen LogP contribution in [0.5, 0.6) is 0 Å². The first-order chi connectivity index (χ1) is 43.7. The van der Waals surface area contributed by atoms with Crippen molar-refractivity contribution in [1.29, 1.82) is 0 Å². The number of ether oxygens (including phenoxy) is 4. The summed E-state index contributed by atoms with van der Waals surface area (Å²) in [6, 6.07) is 0. The summed E-state index contributed by atoms with van der Waals surface area (Å²) < 4.78 is 68.2. The third-order valence-electron chi connectivity index (χ3n) is 16.6. The summed E-state index contributed by atoms with van der Waals surface area (Å²) in [6.07, 6.45) is 54.3. The molecule has 19 heteroatoms. The third-order valence-corrected chi connectivity index (χ3v) is 18.5. The Morgan fingerprint density at radius 1 is 0.267 bits per heavy atom. The second-order valence-corrected chi connectivity index (χ2v) is 28.5. The minimum absolute atomic E-state index is 0.107. The molecule has 0 aliphatic rings. The number of carbonyl (C=O) groups is 4. The number of esters is 4. The van der Waals surface area contributed by atoms with Crippen molar-refractivity contribution >= 4 is 39.5 Å². The maximum Gasteiger partial charge on any atom is 0.472 e. The van der Waals surface area contributed by atoms with E-state index in [-0.39, 0.29) is 25.7 Å². The first-order valence-electron chi connectivity index (χ1n) is 37.3. The Hall–Kier alpha value is -1.94. The van der Waals surface area contributed by atoms with Crippen LogP contribution in [0.15, 0.2) is 0 Å². The first-order valence-corrected chi connectivity index (χ1v) is 40.3. The lowest BCUT2D eigenvalue weighted by Crippen LogP contribution is -2.30. The molecule has 0 rings (SSSR count). The second-order valence-electron chi connectivity index (χ2n) is 25.6. The van der Waals surface area contributed by atoms with E-state index in [2.05, 4.69) is 27.7 Å². The van der Waals surface area contributed by atoms with Gasteiger partial charge in [0.05, 0.1) is 26.4 Å². The number of aliphatic hydroxyl groups excluding tert-OH is 1. The lowest BCUT2D eigenvalue weighted by Gasteiger charge is -2.21. The van der Waals surface area contributed by atoms with E-state index in [1.165, 1.54) is 193 Å². The molecule has 0 bridgehead atoms. The van der Waals surface area contributed by atoms with Gasteiger partial charge in [0.1, 0.15) is 19.3 Å². The van der Waals surface area contributed by atoms with E-state index in [0.717, 1.165) is 103 Å². The Labute approximate surface area is 549 Å². The quantitative estimate of drug-likeness (QED) is 0.0222. The summed E-state index contributed by atoms with van der Waals surface area (Å²) in [4.78, 5) is 72.4. The molecule has 0 radical (unpaired) electrons. The SMILES string of the molecule is CCCCCCCCCCCCCCCCCCCCCCCC(=O)O[C@H](COC(=O)CCCCCCCCCCCCC)COP(=O)(O)OC[C@@H](O)COP(=O)(O)OC[C@@H](COC(=O)CCCCCCCCC)OC(=O)CCCCCCCCCCCCC. The van der Waals surface area contributed by atoms with Gasteiger partial charge < -0.3 is 33.8 Å². The summed E-state index contributed by atoms with van der Waals surface area (Å²) in [5.41, 5.74) is 0.